The summed E-state index contributed by atoms with van der Waals surface area (Å²) >= 11 is 0. The summed E-state index contributed by atoms with van der Waals surface area (Å²) in [5.74, 6) is 0.274. The Morgan fingerprint density at radius 2 is 1.92 bits per heavy atom. The third kappa shape index (κ3) is 3.82. The maximum Gasteiger partial charge on any atom is 0.229 e. The van der Waals surface area contributed by atoms with Gasteiger partial charge in [-0.1, -0.05) is 18.2 Å². The largest absolute Gasteiger partial charge is 0.494 e. The number of hydrogen-bond donors (Lipinski definition) is 1. The number of benzene rings is 2. The Bertz CT molecular complexity index is 771. The number of nitrogens with one attached hydrogen (secondary N) is 1. The first-order chi connectivity index (χ1) is 12.1. The molecule has 0 aliphatic carbocycles. The van der Waals surface area contributed by atoms with Crippen LogP contribution in [-0.2, 0) is 9.59 Å². The molecule has 3 rings (SSSR count). The van der Waals surface area contributed by atoms with E-state index in [0.717, 1.165) is 22.7 Å². The molecule has 1 saturated heterocycles. The first-order valence-electron chi connectivity index (χ1n) is 8.48. The molecule has 0 saturated carbocycles. The van der Waals surface area contributed by atoms with Gasteiger partial charge in [-0.25, -0.2) is 0 Å². The van der Waals surface area contributed by atoms with Gasteiger partial charge in [-0.2, -0.15) is 0 Å². The molecule has 1 N–H and O–H groups in total. The lowest BCUT2D eigenvalue weighted by molar-refractivity contribution is -0.122. The van der Waals surface area contributed by atoms with Crippen LogP contribution in [0.4, 0.5) is 11.4 Å². The Balaban J connectivity index is 1.67. The van der Waals surface area contributed by atoms with Crippen LogP contribution in [0.5, 0.6) is 5.75 Å². The van der Waals surface area contributed by atoms with Gasteiger partial charge < -0.3 is 15.0 Å². The van der Waals surface area contributed by atoms with Crippen molar-refractivity contribution in [2.75, 3.05) is 23.4 Å². The number of carbonyl (C=O) groups excluding carboxylic acids is 2. The van der Waals surface area contributed by atoms with Crippen LogP contribution in [0.25, 0.3) is 0 Å². The standard InChI is InChI=1S/C20H22N2O3/c1-3-25-17-10-8-16(9-11-17)22-13-15(12-19(22)23)20(24)21-18-7-5-4-6-14(18)2/h4-11,15H,3,12-13H2,1-2H3,(H,21,24). The van der Waals surface area contributed by atoms with E-state index in [0.29, 0.717) is 13.2 Å². The minimum absolute atomic E-state index is 0.0332. The number of rotatable bonds is 5. The number of nitrogens with zero attached hydrogens (tertiary/aromatic N) is 1. The maximum absolute atomic E-state index is 12.5. The van der Waals surface area contributed by atoms with Crippen LogP contribution in [0.15, 0.2) is 48.5 Å². The highest BCUT2D eigenvalue weighted by molar-refractivity contribution is 6.03. The van der Waals surface area contributed by atoms with Crippen molar-refractivity contribution in [3.63, 3.8) is 0 Å². The van der Waals surface area contributed by atoms with E-state index >= 15 is 0 Å². The van der Waals surface area contributed by atoms with Gasteiger partial charge in [-0.15, -0.1) is 0 Å². The summed E-state index contributed by atoms with van der Waals surface area (Å²) in [4.78, 5) is 26.5. The van der Waals surface area contributed by atoms with Gasteiger partial charge in [-0.3, -0.25) is 9.59 Å². The molecule has 1 fully saturated rings. The van der Waals surface area contributed by atoms with E-state index in [9.17, 15) is 9.59 Å². The fourth-order valence-electron chi connectivity index (χ4n) is 2.97. The number of aryl methyl sites for hydroxylation is 1. The highest BCUT2D eigenvalue weighted by Crippen LogP contribution is 2.28. The molecule has 0 radical (unpaired) electrons. The third-order valence-electron chi connectivity index (χ3n) is 4.36. The van der Waals surface area contributed by atoms with Crippen LogP contribution < -0.4 is 15.0 Å². The second-order valence-electron chi connectivity index (χ2n) is 6.14. The Kier molecular flexibility index (Phi) is 5.03. The van der Waals surface area contributed by atoms with Crippen molar-refractivity contribution in [2.45, 2.75) is 20.3 Å². The smallest absolute Gasteiger partial charge is 0.229 e. The molecule has 1 aliphatic heterocycles. The summed E-state index contributed by atoms with van der Waals surface area (Å²) in [5.41, 5.74) is 2.59. The van der Waals surface area contributed by atoms with Gasteiger partial charge >= 0.3 is 0 Å². The molecule has 2 aromatic rings. The maximum atomic E-state index is 12.5. The molecule has 25 heavy (non-hydrogen) atoms. The van der Waals surface area contributed by atoms with Crippen molar-refractivity contribution >= 4 is 23.2 Å². The summed E-state index contributed by atoms with van der Waals surface area (Å²) in [6.07, 6.45) is 0.227. The fourth-order valence-corrected chi connectivity index (χ4v) is 2.97. The molecule has 5 heteroatoms. The Morgan fingerprint density at radius 1 is 1.20 bits per heavy atom. The summed E-state index contributed by atoms with van der Waals surface area (Å²) in [6.45, 7) is 4.87. The topological polar surface area (TPSA) is 58.6 Å². The normalized spacial score (nSPS) is 16.8. The predicted molar refractivity (Wildman–Crippen MR) is 97.9 cm³/mol. The van der Waals surface area contributed by atoms with Crippen molar-refractivity contribution in [1.82, 2.24) is 0 Å². The summed E-state index contributed by atoms with van der Waals surface area (Å²) in [7, 11) is 0. The number of amides is 2. The SMILES string of the molecule is CCOc1ccc(N2CC(C(=O)Nc3ccccc3C)CC2=O)cc1. The van der Waals surface area contributed by atoms with Crippen LogP contribution in [0, 0.1) is 12.8 Å². The van der Waals surface area contributed by atoms with E-state index in [-0.39, 0.29) is 24.2 Å². The molecular formula is C20H22N2O3. The second-order valence-corrected chi connectivity index (χ2v) is 6.14. The molecule has 1 aliphatic rings. The summed E-state index contributed by atoms with van der Waals surface area (Å²) in [5, 5.41) is 2.93. The summed E-state index contributed by atoms with van der Waals surface area (Å²) in [6, 6.07) is 15.0. The molecule has 0 bridgehead atoms. The van der Waals surface area contributed by atoms with E-state index in [2.05, 4.69) is 5.32 Å². The van der Waals surface area contributed by atoms with Crippen LogP contribution in [0.1, 0.15) is 18.9 Å². The number of carbonyl (C=O) groups is 2. The minimum Gasteiger partial charge on any atom is -0.494 e. The molecule has 1 unspecified atom stereocenters. The zero-order valence-corrected chi connectivity index (χ0v) is 14.5. The first-order valence-corrected chi connectivity index (χ1v) is 8.48. The van der Waals surface area contributed by atoms with Crippen molar-refractivity contribution in [3.05, 3.63) is 54.1 Å². The summed E-state index contributed by atoms with van der Waals surface area (Å²) < 4.78 is 5.42. The highest BCUT2D eigenvalue weighted by atomic mass is 16.5. The molecule has 2 aromatic carbocycles. The van der Waals surface area contributed by atoms with Crippen molar-refractivity contribution < 1.29 is 14.3 Å². The minimum atomic E-state index is -0.348. The molecule has 1 heterocycles. The Labute approximate surface area is 147 Å². The molecule has 0 aromatic heterocycles. The number of anilines is 2. The fraction of sp³-hybridized carbons (Fsp3) is 0.300. The first kappa shape index (κ1) is 17.0. The van der Waals surface area contributed by atoms with Gasteiger partial charge in [0.15, 0.2) is 0 Å². The van der Waals surface area contributed by atoms with Crippen molar-refractivity contribution in [3.8, 4) is 5.75 Å². The molecule has 2 amide bonds. The number of para-hydroxylation sites is 1. The third-order valence-corrected chi connectivity index (χ3v) is 4.36. The van der Waals surface area contributed by atoms with Crippen LogP contribution in [0.2, 0.25) is 0 Å². The number of hydrogen-bond acceptors (Lipinski definition) is 3. The van der Waals surface area contributed by atoms with Gasteiger partial charge in [-0.05, 0) is 49.7 Å². The van der Waals surface area contributed by atoms with Crippen LogP contribution in [-0.4, -0.2) is 25.0 Å². The van der Waals surface area contributed by atoms with Crippen LogP contribution in [0.3, 0.4) is 0 Å². The molecule has 1 atom stereocenters. The van der Waals surface area contributed by atoms with E-state index in [4.69, 9.17) is 4.74 Å². The zero-order chi connectivity index (χ0) is 17.8. The molecular weight excluding hydrogens is 316 g/mol. The lowest BCUT2D eigenvalue weighted by Gasteiger charge is -2.17. The van der Waals surface area contributed by atoms with Gasteiger partial charge in [0, 0.05) is 24.3 Å². The van der Waals surface area contributed by atoms with Gasteiger partial charge in [0.2, 0.25) is 11.8 Å². The van der Waals surface area contributed by atoms with E-state index < -0.39 is 0 Å². The molecule has 130 valence electrons. The van der Waals surface area contributed by atoms with Crippen LogP contribution >= 0.6 is 0 Å². The lowest BCUT2D eigenvalue weighted by Crippen LogP contribution is -2.28. The van der Waals surface area contributed by atoms with Crippen molar-refractivity contribution in [1.29, 1.82) is 0 Å². The van der Waals surface area contributed by atoms with Gasteiger partial charge in [0.05, 0.1) is 12.5 Å². The second kappa shape index (κ2) is 7.38. The Hall–Kier alpha value is -2.82. The lowest BCUT2D eigenvalue weighted by atomic mass is 10.1. The van der Waals surface area contributed by atoms with Gasteiger partial charge in [0.25, 0.3) is 0 Å². The average Bonchev–Trinajstić information content (AvgIpc) is 3.00. The molecule has 0 spiro atoms. The monoisotopic (exact) mass is 338 g/mol. The molecule has 5 nitrogen and oxygen atoms in total. The van der Waals surface area contributed by atoms with E-state index in [1.165, 1.54) is 0 Å². The predicted octanol–water partition coefficient (Wildman–Crippen LogP) is 3.39. The van der Waals surface area contributed by atoms with E-state index in [1.54, 1.807) is 4.90 Å². The highest BCUT2D eigenvalue weighted by Gasteiger charge is 2.35. The number of ether oxygens (including phenoxy) is 1. The zero-order valence-electron chi connectivity index (χ0n) is 14.5. The Morgan fingerprint density at radius 3 is 2.60 bits per heavy atom. The van der Waals surface area contributed by atoms with Crippen molar-refractivity contribution in [2.24, 2.45) is 5.92 Å². The van der Waals surface area contributed by atoms with E-state index in [1.807, 2.05) is 62.4 Å². The van der Waals surface area contributed by atoms with Gasteiger partial charge in [0.1, 0.15) is 5.75 Å². The quantitative estimate of drug-likeness (QED) is 0.909. The average molecular weight is 338 g/mol.